The first-order valence-corrected chi connectivity index (χ1v) is 6.20. The Labute approximate surface area is 102 Å². The van der Waals surface area contributed by atoms with Crippen molar-refractivity contribution in [2.45, 2.75) is 25.9 Å². The zero-order valence-electron chi connectivity index (χ0n) is 10.2. The predicted molar refractivity (Wildman–Crippen MR) is 64.1 cm³/mol. The Balaban J connectivity index is 1.84. The van der Waals surface area contributed by atoms with Crippen molar-refractivity contribution in [3.05, 3.63) is 24.2 Å². The lowest BCUT2D eigenvalue weighted by Crippen LogP contribution is -2.36. The van der Waals surface area contributed by atoms with E-state index >= 15 is 0 Å². The van der Waals surface area contributed by atoms with Crippen molar-refractivity contribution in [2.75, 3.05) is 26.2 Å². The number of carbonyl (C=O) groups excluding carboxylic acids is 1. The van der Waals surface area contributed by atoms with Gasteiger partial charge in [0.05, 0.1) is 18.9 Å². The van der Waals surface area contributed by atoms with Gasteiger partial charge < -0.3 is 9.15 Å². The summed E-state index contributed by atoms with van der Waals surface area (Å²) in [6, 6.07) is 3.45. The molecule has 0 aliphatic carbocycles. The second kappa shape index (κ2) is 5.98. The normalized spacial score (nSPS) is 20.0. The number of nitrogens with zero attached hydrogens (tertiary/aromatic N) is 1. The predicted octanol–water partition coefficient (Wildman–Crippen LogP) is 1.96. The first-order chi connectivity index (χ1) is 8.29. The molecule has 1 aromatic heterocycles. The lowest BCUT2D eigenvalue weighted by Gasteiger charge is -2.22. The summed E-state index contributed by atoms with van der Waals surface area (Å²) in [5, 5.41) is 0. The summed E-state index contributed by atoms with van der Waals surface area (Å²) >= 11 is 0. The molecule has 0 amide bonds. The summed E-state index contributed by atoms with van der Waals surface area (Å²) in [6.07, 6.45) is 4.06. The van der Waals surface area contributed by atoms with Crippen molar-refractivity contribution in [2.24, 2.45) is 0 Å². The van der Waals surface area contributed by atoms with Crippen LogP contribution in [0.5, 0.6) is 0 Å². The number of rotatable bonds is 6. The minimum absolute atomic E-state index is 0.0369. The summed E-state index contributed by atoms with van der Waals surface area (Å²) in [6.45, 7) is 5.01. The van der Waals surface area contributed by atoms with Gasteiger partial charge in [0.1, 0.15) is 0 Å². The Morgan fingerprint density at radius 3 is 3.06 bits per heavy atom. The van der Waals surface area contributed by atoms with Gasteiger partial charge in [-0.25, -0.2) is 0 Å². The average Bonchev–Trinajstić information content (AvgIpc) is 3.00. The van der Waals surface area contributed by atoms with Crippen LogP contribution in [0.1, 0.15) is 30.3 Å². The Kier molecular flexibility index (Phi) is 4.34. The second-order valence-electron chi connectivity index (χ2n) is 4.36. The number of ketones is 1. The van der Waals surface area contributed by atoms with Crippen LogP contribution >= 0.6 is 0 Å². The molecule has 0 bridgehead atoms. The first-order valence-electron chi connectivity index (χ1n) is 6.20. The molecule has 94 valence electrons. The van der Waals surface area contributed by atoms with Crippen LogP contribution < -0.4 is 0 Å². The van der Waals surface area contributed by atoms with Gasteiger partial charge in [0.15, 0.2) is 5.76 Å². The number of carbonyl (C=O) groups is 1. The largest absolute Gasteiger partial charge is 0.461 e. The molecule has 1 atom stereocenters. The SMILES string of the molecule is CCN(CC(=O)c1ccco1)CC1CCCO1. The minimum atomic E-state index is 0.0369. The molecule has 0 saturated carbocycles. The topological polar surface area (TPSA) is 42.7 Å². The van der Waals surface area contributed by atoms with Crippen molar-refractivity contribution in [1.82, 2.24) is 4.90 Å². The highest BCUT2D eigenvalue weighted by Gasteiger charge is 2.20. The maximum Gasteiger partial charge on any atom is 0.211 e. The van der Waals surface area contributed by atoms with E-state index in [0.717, 1.165) is 32.5 Å². The number of hydrogen-bond donors (Lipinski definition) is 0. The molecule has 1 unspecified atom stereocenters. The average molecular weight is 237 g/mol. The van der Waals surface area contributed by atoms with Crippen LogP contribution in [0.4, 0.5) is 0 Å². The van der Waals surface area contributed by atoms with Gasteiger partial charge in [-0.1, -0.05) is 6.92 Å². The minimum Gasteiger partial charge on any atom is -0.461 e. The number of furan rings is 1. The van der Waals surface area contributed by atoms with E-state index in [9.17, 15) is 4.79 Å². The molecule has 4 nitrogen and oxygen atoms in total. The highest BCUT2D eigenvalue weighted by atomic mass is 16.5. The highest BCUT2D eigenvalue weighted by molar-refractivity contribution is 5.94. The molecular weight excluding hydrogens is 218 g/mol. The van der Waals surface area contributed by atoms with Crippen LogP contribution in [-0.2, 0) is 4.74 Å². The highest BCUT2D eigenvalue weighted by Crippen LogP contribution is 2.13. The maximum atomic E-state index is 11.9. The summed E-state index contributed by atoms with van der Waals surface area (Å²) in [7, 11) is 0. The molecule has 2 heterocycles. The zero-order valence-corrected chi connectivity index (χ0v) is 10.2. The zero-order chi connectivity index (χ0) is 12.1. The van der Waals surface area contributed by atoms with Crippen molar-refractivity contribution >= 4 is 5.78 Å². The lowest BCUT2D eigenvalue weighted by atomic mass is 10.2. The third kappa shape index (κ3) is 3.41. The van der Waals surface area contributed by atoms with Crippen LogP contribution in [0.15, 0.2) is 22.8 Å². The molecule has 1 aromatic rings. The van der Waals surface area contributed by atoms with Gasteiger partial charge in [0.2, 0.25) is 5.78 Å². The van der Waals surface area contributed by atoms with E-state index in [1.54, 1.807) is 12.1 Å². The van der Waals surface area contributed by atoms with Crippen LogP contribution in [0, 0.1) is 0 Å². The van der Waals surface area contributed by atoms with E-state index in [1.807, 2.05) is 0 Å². The van der Waals surface area contributed by atoms with Crippen molar-refractivity contribution in [3.63, 3.8) is 0 Å². The van der Waals surface area contributed by atoms with E-state index in [4.69, 9.17) is 9.15 Å². The number of ether oxygens (including phenoxy) is 1. The summed E-state index contributed by atoms with van der Waals surface area (Å²) < 4.78 is 10.7. The Bertz CT molecular complexity index is 342. The van der Waals surface area contributed by atoms with E-state index in [-0.39, 0.29) is 5.78 Å². The van der Waals surface area contributed by atoms with Crippen LogP contribution in [0.25, 0.3) is 0 Å². The maximum absolute atomic E-state index is 11.9. The molecule has 4 heteroatoms. The Morgan fingerprint density at radius 1 is 1.59 bits per heavy atom. The quantitative estimate of drug-likeness (QED) is 0.709. The third-order valence-corrected chi connectivity index (χ3v) is 3.10. The first kappa shape index (κ1) is 12.3. The van der Waals surface area contributed by atoms with Gasteiger partial charge in [0, 0.05) is 13.2 Å². The molecule has 17 heavy (non-hydrogen) atoms. The molecule has 2 rings (SSSR count). The van der Waals surface area contributed by atoms with Gasteiger partial charge in [0.25, 0.3) is 0 Å². The summed E-state index contributed by atoms with van der Waals surface area (Å²) in [4.78, 5) is 14.0. The molecule has 0 N–H and O–H groups in total. The standard InChI is InChI=1S/C13H19NO3/c1-2-14(9-11-5-3-7-16-11)10-12(15)13-6-4-8-17-13/h4,6,8,11H,2-3,5,7,9-10H2,1H3. The molecule has 1 saturated heterocycles. The third-order valence-electron chi connectivity index (χ3n) is 3.10. The fourth-order valence-corrected chi connectivity index (χ4v) is 2.10. The fraction of sp³-hybridized carbons (Fsp3) is 0.615. The molecule has 1 aliphatic rings. The van der Waals surface area contributed by atoms with Crippen LogP contribution in [0.2, 0.25) is 0 Å². The summed E-state index contributed by atoms with van der Waals surface area (Å²) in [5.74, 6) is 0.477. The van der Waals surface area contributed by atoms with Crippen molar-refractivity contribution in [3.8, 4) is 0 Å². The van der Waals surface area contributed by atoms with Gasteiger partial charge in [-0.3, -0.25) is 9.69 Å². The Morgan fingerprint density at radius 2 is 2.47 bits per heavy atom. The van der Waals surface area contributed by atoms with Gasteiger partial charge >= 0.3 is 0 Å². The number of hydrogen-bond acceptors (Lipinski definition) is 4. The van der Waals surface area contributed by atoms with E-state index in [0.29, 0.717) is 18.4 Å². The molecule has 1 fully saturated rings. The smallest absolute Gasteiger partial charge is 0.211 e. The molecule has 0 radical (unpaired) electrons. The summed E-state index contributed by atoms with van der Waals surface area (Å²) in [5.41, 5.74) is 0. The van der Waals surface area contributed by atoms with Gasteiger partial charge in [-0.15, -0.1) is 0 Å². The van der Waals surface area contributed by atoms with E-state index in [1.165, 1.54) is 6.26 Å². The lowest BCUT2D eigenvalue weighted by molar-refractivity contribution is 0.0675. The van der Waals surface area contributed by atoms with Crippen molar-refractivity contribution in [1.29, 1.82) is 0 Å². The van der Waals surface area contributed by atoms with Crippen LogP contribution in [-0.4, -0.2) is 43.0 Å². The molecule has 0 aromatic carbocycles. The van der Waals surface area contributed by atoms with Crippen LogP contribution in [0.3, 0.4) is 0 Å². The van der Waals surface area contributed by atoms with Crippen molar-refractivity contribution < 1.29 is 13.9 Å². The molecule has 1 aliphatic heterocycles. The monoisotopic (exact) mass is 237 g/mol. The van der Waals surface area contributed by atoms with E-state index < -0.39 is 0 Å². The molecular formula is C13H19NO3. The van der Waals surface area contributed by atoms with Gasteiger partial charge in [-0.05, 0) is 31.5 Å². The fourth-order valence-electron chi connectivity index (χ4n) is 2.10. The van der Waals surface area contributed by atoms with Gasteiger partial charge in [-0.2, -0.15) is 0 Å². The van der Waals surface area contributed by atoms with E-state index in [2.05, 4.69) is 11.8 Å². The number of Topliss-reactive ketones (excluding diaryl/α,β-unsaturated/α-hetero) is 1. The number of likely N-dealkylation sites (N-methyl/N-ethyl adjacent to an activating group) is 1. The Hall–Kier alpha value is -1.13. The molecule has 0 spiro atoms. The second-order valence-corrected chi connectivity index (χ2v) is 4.36.